The molecule has 1 aromatic rings. The molecule has 1 aliphatic heterocycles. The molecule has 20 heavy (non-hydrogen) atoms. The highest BCUT2D eigenvalue weighted by molar-refractivity contribution is 7.99. The van der Waals surface area contributed by atoms with Gasteiger partial charge in [-0.25, -0.2) is 0 Å². The molecule has 0 spiro atoms. The molecule has 2 rings (SSSR count). The number of nitrogens with zero attached hydrogens (tertiary/aromatic N) is 1. The lowest BCUT2D eigenvalue weighted by atomic mass is 10.1. The second-order valence-corrected chi connectivity index (χ2v) is 6.09. The number of hydrogen-bond acceptors (Lipinski definition) is 5. The molecule has 110 valence electrons. The van der Waals surface area contributed by atoms with Gasteiger partial charge in [0.25, 0.3) is 0 Å². The van der Waals surface area contributed by atoms with E-state index >= 15 is 0 Å². The van der Waals surface area contributed by atoms with Gasteiger partial charge in [0.2, 0.25) is 0 Å². The molecule has 0 saturated carbocycles. The number of thioether (sulfide) groups is 1. The molecular formula is C14H21N3O2S. The van der Waals surface area contributed by atoms with Gasteiger partial charge in [-0.3, -0.25) is 10.1 Å². The first-order chi connectivity index (χ1) is 9.72. The number of anilines is 2. The lowest BCUT2D eigenvalue weighted by Gasteiger charge is -2.23. The number of hydrogen-bond donors (Lipinski definition) is 2. The van der Waals surface area contributed by atoms with Crippen LogP contribution in [0.1, 0.15) is 26.2 Å². The SMILES string of the molecule is CCCNc1cccc(NC2CCCSC2)c1[N+](=O)[O-]. The second-order valence-electron chi connectivity index (χ2n) is 4.94. The van der Waals surface area contributed by atoms with E-state index in [4.69, 9.17) is 0 Å². The summed E-state index contributed by atoms with van der Waals surface area (Å²) < 4.78 is 0. The fraction of sp³-hybridized carbons (Fsp3) is 0.571. The highest BCUT2D eigenvalue weighted by Gasteiger charge is 2.22. The van der Waals surface area contributed by atoms with Crippen molar-refractivity contribution in [1.29, 1.82) is 0 Å². The van der Waals surface area contributed by atoms with Crippen molar-refractivity contribution in [3.63, 3.8) is 0 Å². The third-order valence-electron chi connectivity index (χ3n) is 3.30. The molecule has 1 unspecified atom stereocenters. The van der Waals surface area contributed by atoms with Crippen molar-refractivity contribution in [1.82, 2.24) is 0 Å². The third kappa shape index (κ3) is 3.79. The van der Waals surface area contributed by atoms with Gasteiger partial charge < -0.3 is 10.6 Å². The molecule has 0 aliphatic carbocycles. The molecule has 1 fully saturated rings. The average molecular weight is 295 g/mol. The molecular weight excluding hydrogens is 274 g/mol. The van der Waals surface area contributed by atoms with E-state index in [0.717, 1.165) is 25.1 Å². The van der Waals surface area contributed by atoms with Crippen LogP contribution in [0.5, 0.6) is 0 Å². The van der Waals surface area contributed by atoms with Crippen LogP contribution in [0, 0.1) is 10.1 Å². The van der Waals surface area contributed by atoms with Crippen molar-refractivity contribution >= 4 is 28.8 Å². The van der Waals surface area contributed by atoms with Gasteiger partial charge in [0.1, 0.15) is 11.4 Å². The van der Waals surface area contributed by atoms with Crippen molar-refractivity contribution in [3.05, 3.63) is 28.3 Å². The van der Waals surface area contributed by atoms with Crippen LogP contribution in [0.25, 0.3) is 0 Å². The molecule has 0 amide bonds. The first-order valence-corrected chi connectivity index (χ1v) is 8.23. The monoisotopic (exact) mass is 295 g/mol. The quantitative estimate of drug-likeness (QED) is 0.618. The second kappa shape index (κ2) is 7.38. The molecule has 6 heteroatoms. The molecule has 0 aromatic heterocycles. The largest absolute Gasteiger partial charge is 0.379 e. The fourth-order valence-corrected chi connectivity index (χ4v) is 3.41. The summed E-state index contributed by atoms with van der Waals surface area (Å²) in [5, 5.41) is 17.8. The zero-order valence-corrected chi connectivity index (χ0v) is 12.5. The van der Waals surface area contributed by atoms with E-state index < -0.39 is 0 Å². The maximum absolute atomic E-state index is 11.4. The number of rotatable bonds is 6. The number of nitro benzene ring substituents is 1. The number of nitro groups is 1. The van der Waals surface area contributed by atoms with Crippen LogP contribution < -0.4 is 10.6 Å². The zero-order chi connectivity index (χ0) is 14.4. The van der Waals surface area contributed by atoms with E-state index in [2.05, 4.69) is 10.6 Å². The van der Waals surface area contributed by atoms with E-state index in [1.807, 2.05) is 24.8 Å². The van der Waals surface area contributed by atoms with E-state index in [9.17, 15) is 10.1 Å². The first-order valence-electron chi connectivity index (χ1n) is 7.08. The summed E-state index contributed by atoms with van der Waals surface area (Å²) in [6, 6.07) is 5.76. The van der Waals surface area contributed by atoms with Crippen molar-refractivity contribution in [3.8, 4) is 0 Å². The van der Waals surface area contributed by atoms with Gasteiger partial charge in [-0.15, -0.1) is 0 Å². The molecule has 0 bridgehead atoms. The minimum atomic E-state index is -0.295. The van der Waals surface area contributed by atoms with Gasteiger partial charge >= 0.3 is 5.69 Å². The normalized spacial score (nSPS) is 18.6. The fourth-order valence-electron chi connectivity index (χ4n) is 2.33. The van der Waals surface area contributed by atoms with Crippen LogP contribution in [0.4, 0.5) is 17.1 Å². The maximum atomic E-state index is 11.4. The van der Waals surface area contributed by atoms with Crippen molar-refractivity contribution in [2.24, 2.45) is 0 Å². The van der Waals surface area contributed by atoms with Gasteiger partial charge in [0.15, 0.2) is 0 Å². The van der Waals surface area contributed by atoms with Crippen LogP contribution in [-0.4, -0.2) is 29.0 Å². The smallest absolute Gasteiger partial charge is 0.315 e. The highest BCUT2D eigenvalue weighted by Crippen LogP contribution is 2.34. The lowest BCUT2D eigenvalue weighted by Crippen LogP contribution is -2.26. The Bertz CT molecular complexity index is 462. The number of para-hydroxylation sites is 1. The predicted molar refractivity (Wildman–Crippen MR) is 85.8 cm³/mol. The molecule has 1 atom stereocenters. The van der Waals surface area contributed by atoms with E-state index in [0.29, 0.717) is 17.4 Å². The van der Waals surface area contributed by atoms with Gasteiger partial charge in [-0.05, 0) is 37.1 Å². The number of nitrogens with one attached hydrogen (secondary N) is 2. The topological polar surface area (TPSA) is 67.2 Å². The molecule has 1 aromatic carbocycles. The predicted octanol–water partition coefficient (Wildman–Crippen LogP) is 3.72. The van der Waals surface area contributed by atoms with E-state index in [1.165, 1.54) is 12.2 Å². The van der Waals surface area contributed by atoms with Crippen molar-refractivity contribution in [2.45, 2.75) is 32.2 Å². The average Bonchev–Trinajstić information content (AvgIpc) is 2.46. The Kier molecular flexibility index (Phi) is 5.52. The molecule has 5 nitrogen and oxygen atoms in total. The Balaban J connectivity index is 2.19. The Morgan fingerprint density at radius 3 is 2.90 bits per heavy atom. The summed E-state index contributed by atoms with van der Waals surface area (Å²) in [6.45, 7) is 2.78. The lowest BCUT2D eigenvalue weighted by molar-refractivity contribution is -0.383. The van der Waals surface area contributed by atoms with Crippen molar-refractivity contribution in [2.75, 3.05) is 28.7 Å². The summed E-state index contributed by atoms with van der Waals surface area (Å²) in [5.41, 5.74) is 1.39. The van der Waals surface area contributed by atoms with E-state index in [-0.39, 0.29) is 10.6 Å². The number of benzene rings is 1. The van der Waals surface area contributed by atoms with E-state index in [1.54, 1.807) is 12.1 Å². The van der Waals surface area contributed by atoms with Gasteiger partial charge in [0, 0.05) is 18.3 Å². The third-order valence-corrected chi connectivity index (χ3v) is 4.52. The van der Waals surface area contributed by atoms with Crippen LogP contribution in [-0.2, 0) is 0 Å². The maximum Gasteiger partial charge on any atom is 0.315 e. The van der Waals surface area contributed by atoms with Crippen molar-refractivity contribution < 1.29 is 4.92 Å². The Hall–Kier alpha value is -1.43. The van der Waals surface area contributed by atoms with Crippen LogP contribution >= 0.6 is 11.8 Å². The summed E-state index contributed by atoms with van der Waals surface area (Å²) in [7, 11) is 0. The van der Waals surface area contributed by atoms with Crippen LogP contribution in [0.2, 0.25) is 0 Å². The zero-order valence-electron chi connectivity index (χ0n) is 11.7. The Morgan fingerprint density at radius 2 is 2.25 bits per heavy atom. The standard InChI is InChI=1S/C14H21N3O2S/c1-2-8-15-12-6-3-7-13(14(12)17(18)19)16-11-5-4-9-20-10-11/h3,6-7,11,15-16H,2,4-5,8-10H2,1H3. The molecule has 1 aliphatic rings. The summed E-state index contributed by atoms with van der Waals surface area (Å²) in [6.07, 6.45) is 3.19. The Morgan fingerprint density at radius 1 is 1.45 bits per heavy atom. The summed E-state index contributed by atoms with van der Waals surface area (Å²) in [5.74, 6) is 2.21. The first kappa shape index (κ1) is 15.0. The van der Waals surface area contributed by atoms with Gasteiger partial charge in [-0.1, -0.05) is 13.0 Å². The molecule has 0 radical (unpaired) electrons. The van der Waals surface area contributed by atoms with Gasteiger partial charge in [0.05, 0.1) is 4.92 Å². The van der Waals surface area contributed by atoms with Crippen LogP contribution in [0.3, 0.4) is 0 Å². The Labute approximate surface area is 123 Å². The molecule has 1 saturated heterocycles. The minimum absolute atomic E-state index is 0.163. The molecule has 1 heterocycles. The highest BCUT2D eigenvalue weighted by atomic mass is 32.2. The van der Waals surface area contributed by atoms with Crippen LogP contribution in [0.15, 0.2) is 18.2 Å². The van der Waals surface area contributed by atoms with Gasteiger partial charge in [-0.2, -0.15) is 11.8 Å². The summed E-state index contributed by atoms with van der Waals surface area (Å²) >= 11 is 1.91. The minimum Gasteiger partial charge on any atom is -0.379 e. The summed E-state index contributed by atoms with van der Waals surface area (Å²) in [4.78, 5) is 11.1. The molecule has 2 N–H and O–H groups in total.